The maximum Gasteiger partial charge on any atom is 0.356 e. The number of tetrazole rings is 1. The summed E-state index contributed by atoms with van der Waals surface area (Å²) in [6.07, 6.45) is 3.34. The Morgan fingerprint density at radius 3 is 2.54 bits per heavy atom. The van der Waals surface area contributed by atoms with Crippen molar-refractivity contribution in [2.45, 2.75) is 12.5 Å². The van der Waals surface area contributed by atoms with E-state index in [1.165, 1.54) is 52.0 Å². The van der Waals surface area contributed by atoms with E-state index >= 15 is 0 Å². The van der Waals surface area contributed by atoms with E-state index in [1.807, 2.05) is 0 Å². The minimum Gasteiger partial charge on any atom is -0.340 e. The highest BCUT2D eigenvalue weighted by atomic mass is 35.5. The largest absolute Gasteiger partial charge is 0.356 e. The number of aromatic amines is 1. The lowest BCUT2D eigenvalue weighted by Crippen LogP contribution is -2.27. The van der Waals surface area contributed by atoms with Crippen molar-refractivity contribution in [1.29, 1.82) is 0 Å². The second kappa shape index (κ2) is 10.5. The molecule has 206 valence electrons. The summed E-state index contributed by atoms with van der Waals surface area (Å²) < 4.78 is 28.4. The Labute approximate surface area is 236 Å². The average molecular weight is 592 g/mol. The molecule has 1 atom stereocenters. The molecular formula is C27H20ClFN7O4P. The quantitative estimate of drug-likeness (QED) is 0.237. The van der Waals surface area contributed by atoms with Crippen LogP contribution in [0, 0.1) is 5.82 Å². The SMILES string of the molecule is O=c1cc(-c2cc(Cl)ccc2-n2cnnn2)ccn1C(Cc1ccc(F)cc1)c1nc2cc(P(=O)(O)O)ccc2[nH]1. The van der Waals surface area contributed by atoms with E-state index in [-0.39, 0.29) is 23.1 Å². The van der Waals surface area contributed by atoms with Crippen molar-refractivity contribution in [2.75, 3.05) is 0 Å². The molecule has 14 heteroatoms. The molecular weight excluding hydrogens is 572 g/mol. The van der Waals surface area contributed by atoms with Crippen molar-refractivity contribution in [3.8, 4) is 16.8 Å². The van der Waals surface area contributed by atoms with Crippen molar-refractivity contribution < 1.29 is 18.7 Å². The predicted molar refractivity (Wildman–Crippen MR) is 150 cm³/mol. The molecule has 0 bridgehead atoms. The fourth-order valence-electron chi connectivity index (χ4n) is 4.65. The molecule has 3 aromatic heterocycles. The van der Waals surface area contributed by atoms with Gasteiger partial charge in [0.05, 0.1) is 28.1 Å². The number of rotatable bonds is 7. The van der Waals surface area contributed by atoms with Crippen molar-refractivity contribution >= 4 is 35.5 Å². The van der Waals surface area contributed by atoms with Crippen LogP contribution in [0.2, 0.25) is 5.02 Å². The van der Waals surface area contributed by atoms with E-state index in [0.717, 1.165) is 5.56 Å². The standard InChI is InChI=1S/C27H20ClFN7O4P/c28-18-3-8-24(36-15-30-33-34-36)21(13-18)17-9-10-35(26(37)12-17)25(11-16-1-4-19(29)5-2-16)27-31-22-7-6-20(41(38,39)40)14-23(22)32-27/h1-10,12-15,25H,11H2,(H,31,32)(H2,38,39,40). The Morgan fingerprint density at radius 2 is 1.83 bits per heavy atom. The first-order chi connectivity index (χ1) is 19.7. The molecule has 0 aliphatic carbocycles. The Kier molecular flexibility index (Phi) is 6.84. The molecule has 11 nitrogen and oxygen atoms in total. The van der Waals surface area contributed by atoms with Gasteiger partial charge in [-0.15, -0.1) is 5.10 Å². The molecule has 41 heavy (non-hydrogen) atoms. The van der Waals surface area contributed by atoms with Gasteiger partial charge in [0.15, 0.2) is 0 Å². The van der Waals surface area contributed by atoms with E-state index in [1.54, 1.807) is 42.6 Å². The van der Waals surface area contributed by atoms with Crippen LogP contribution < -0.4 is 10.9 Å². The van der Waals surface area contributed by atoms with Crippen LogP contribution in [0.5, 0.6) is 0 Å². The summed E-state index contributed by atoms with van der Waals surface area (Å²) in [5, 5.41) is 11.6. The Balaban J connectivity index is 1.46. The molecule has 0 amide bonds. The predicted octanol–water partition coefficient (Wildman–Crippen LogP) is 3.79. The number of imidazole rings is 1. The van der Waals surface area contributed by atoms with E-state index in [9.17, 15) is 23.5 Å². The number of fused-ring (bicyclic) bond motifs is 1. The first-order valence-corrected chi connectivity index (χ1v) is 14.2. The maximum atomic E-state index is 13.6. The van der Waals surface area contributed by atoms with Crippen LogP contribution in [0.1, 0.15) is 17.4 Å². The highest BCUT2D eigenvalue weighted by Gasteiger charge is 2.23. The lowest BCUT2D eigenvalue weighted by atomic mass is 10.0. The van der Waals surface area contributed by atoms with E-state index in [0.29, 0.717) is 38.7 Å². The number of benzene rings is 3. The van der Waals surface area contributed by atoms with Crippen LogP contribution in [-0.2, 0) is 11.0 Å². The number of halogens is 2. The van der Waals surface area contributed by atoms with Gasteiger partial charge in [-0.2, -0.15) is 4.68 Å². The van der Waals surface area contributed by atoms with Crippen molar-refractivity contribution in [3.63, 3.8) is 0 Å². The molecule has 3 aromatic carbocycles. The first kappa shape index (κ1) is 26.7. The van der Waals surface area contributed by atoms with E-state index in [2.05, 4.69) is 25.5 Å². The third kappa shape index (κ3) is 5.46. The smallest absolute Gasteiger partial charge is 0.340 e. The van der Waals surface area contributed by atoms with Gasteiger partial charge in [-0.25, -0.2) is 9.37 Å². The van der Waals surface area contributed by atoms with Gasteiger partial charge in [-0.05, 0) is 76.2 Å². The molecule has 0 aliphatic rings. The van der Waals surface area contributed by atoms with E-state index < -0.39 is 13.6 Å². The molecule has 1 unspecified atom stereocenters. The molecule has 6 aromatic rings. The topological polar surface area (TPSA) is 152 Å². The number of aromatic nitrogens is 7. The van der Waals surface area contributed by atoms with Crippen molar-refractivity contribution in [1.82, 2.24) is 34.7 Å². The first-order valence-electron chi connectivity index (χ1n) is 12.2. The van der Waals surface area contributed by atoms with Crippen LogP contribution in [0.3, 0.4) is 0 Å². The van der Waals surface area contributed by atoms with Crippen molar-refractivity contribution in [3.05, 3.63) is 118 Å². The van der Waals surface area contributed by atoms with Crippen LogP contribution in [0.4, 0.5) is 4.39 Å². The van der Waals surface area contributed by atoms with Gasteiger partial charge < -0.3 is 19.3 Å². The van der Waals surface area contributed by atoms with Gasteiger partial charge in [-0.3, -0.25) is 9.36 Å². The Bertz CT molecular complexity index is 1990. The van der Waals surface area contributed by atoms with Crippen LogP contribution in [-0.4, -0.2) is 44.5 Å². The maximum absolute atomic E-state index is 13.6. The highest BCUT2D eigenvalue weighted by Crippen LogP contribution is 2.34. The second-order valence-corrected chi connectivity index (χ2v) is 11.3. The number of pyridine rings is 1. The fourth-order valence-corrected chi connectivity index (χ4v) is 5.38. The summed E-state index contributed by atoms with van der Waals surface area (Å²) in [6, 6.07) is 17.8. The third-order valence-electron chi connectivity index (χ3n) is 6.63. The van der Waals surface area contributed by atoms with Gasteiger partial charge >= 0.3 is 7.60 Å². The van der Waals surface area contributed by atoms with Gasteiger partial charge in [-0.1, -0.05) is 23.7 Å². The zero-order valence-corrected chi connectivity index (χ0v) is 22.6. The zero-order valence-electron chi connectivity index (χ0n) is 21.0. The fraction of sp³-hybridized carbons (Fsp3) is 0.0741. The molecule has 3 heterocycles. The summed E-state index contributed by atoms with van der Waals surface area (Å²) in [5.41, 5.74) is 3.11. The number of H-pyrrole nitrogens is 1. The molecule has 6 rings (SSSR count). The van der Waals surface area contributed by atoms with Crippen LogP contribution >= 0.6 is 19.2 Å². The van der Waals surface area contributed by atoms with E-state index in [4.69, 9.17) is 11.6 Å². The monoisotopic (exact) mass is 591 g/mol. The van der Waals surface area contributed by atoms with Gasteiger partial charge in [0, 0.05) is 29.3 Å². The summed E-state index contributed by atoms with van der Waals surface area (Å²) in [6.45, 7) is 0. The van der Waals surface area contributed by atoms with Crippen LogP contribution in [0.25, 0.3) is 27.8 Å². The highest BCUT2D eigenvalue weighted by molar-refractivity contribution is 7.60. The summed E-state index contributed by atoms with van der Waals surface area (Å²) in [4.78, 5) is 40.6. The summed E-state index contributed by atoms with van der Waals surface area (Å²) in [7, 11) is -4.49. The number of hydrogen-bond donors (Lipinski definition) is 3. The molecule has 0 saturated carbocycles. The lowest BCUT2D eigenvalue weighted by Gasteiger charge is -2.19. The van der Waals surface area contributed by atoms with Crippen molar-refractivity contribution in [2.24, 2.45) is 0 Å². The zero-order chi connectivity index (χ0) is 28.7. The molecule has 0 fully saturated rings. The number of nitrogens with one attached hydrogen (secondary N) is 1. The average Bonchev–Trinajstić information content (AvgIpc) is 3.62. The third-order valence-corrected chi connectivity index (χ3v) is 7.81. The molecule has 3 N–H and O–H groups in total. The Morgan fingerprint density at radius 1 is 1.02 bits per heavy atom. The minimum atomic E-state index is -4.49. The normalized spacial score (nSPS) is 12.6. The molecule has 0 spiro atoms. The minimum absolute atomic E-state index is 0.167. The van der Waals surface area contributed by atoms with Gasteiger partial charge in [0.25, 0.3) is 5.56 Å². The molecule has 0 radical (unpaired) electrons. The van der Waals surface area contributed by atoms with Crippen LogP contribution in [0.15, 0.2) is 90.1 Å². The van der Waals surface area contributed by atoms with Gasteiger partial charge in [0.2, 0.25) is 0 Å². The summed E-state index contributed by atoms with van der Waals surface area (Å²) >= 11 is 6.28. The van der Waals surface area contributed by atoms with Gasteiger partial charge in [0.1, 0.15) is 18.0 Å². The molecule has 0 saturated heterocycles. The molecule has 0 aliphatic heterocycles. The number of hydrogen-bond acceptors (Lipinski definition) is 6. The lowest BCUT2D eigenvalue weighted by molar-refractivity contribution is 0.387. The Hall–Kier alpha value is -4.48. The summed E-state index contributed by atoms with van der Waals surface area (Å²) in [5.74, 6) is -0.000368. The second-order valence-electron chi connectivity index (χ2n) is 9.29. The number of nitrogens with zero attached hydrogens (tertiary/aromatic N) is 6.